The molecule has 2 aliphatic carbocycles. The fraction of sp³-hybridized carbons (Fsp3) is 0.720. The summed E-state index contributed by atoms with van der Waals surface area (Å²) in [6.45, 7) is -0.795. The van der Waals surface area contributed by atoms with Gasteiger partial charge in [-0.15, -0.1) is 0 Å². The van der Waals surface area contributed by atoms with Gasteiger partial charge in [-0.2, -0.15) is 0 Å². The Morgan fingerprint density at radius 2 is 0.490 bits per heavy atom. The summed E-state index contributed by atoms with van der Waals surface area (Å²) in [7, 11) is 0. The number of carboxylic acids is 5. The summed E-state index contributed by atoms with van der Waals surface area (Å²) in [5.41, 5.74) is 0. The minimum atomic E-state index is -1.65. The third kappa shape index (κ3) is 18.3. The van der Waals surface area contributed by atoms with E-state index in [1.54, 1.807) is 0 Å². The van der Waals surface area contributed by atoms with E-state index < -0.39 is 135 Å². The number of aliphatic hydroxyl groups excluding tert-OH is 7. The van der Waals surface area contributed by atoms with Crippen LogP contribution >= 0.6 is 0 Å². The van der Waals surface area contributed by atoms with Crippen LogP contribution in [0.3, 0.4) is 0 Å². The monoisotopic (exact) mass is 1230 g/mol. The zero-order valence-electron chi connectivity index (χ0n) is 26.5. The van der Waals surface area contributed by atoms with Crippen LogP contribution in [0.4, 0.5) is 0 Å². The molecule has 0 aromatic heterocycles. The van der Waals surface area contributed by atoms with Gasteiger partial charge in [0, 0.05) is 114 Å². The van der Waals surface area contributed by atoms with E-state index in [2.05, 4.69) is 38.5 Å². The third-order valence-corrected chi connectivity index (χ3v) is 6.87. The molecule has 23 nitrogen and oxygen atoms in total. The molecule has 0 saturated heterocycles. The van der Waals surface area contributed by atoms with Crippen LogP contribution in [0, 0.1) is 0 Å². The van der Waals surface area contributed by atoms with Crippen LogP contribution in [0.1, 0.15) is 0 Å². The molecule has 288 valence electrons. The van der Waals surface area contributed by atoms with Gasteiger partial charge in [-0.25, -0.2) is 0 Å². The van der Waals surface area contributed by atoms with Gasteiger partial charge in [0.25, 0.3) is 29.8 Å². The van der Waals surface area contributed by atoms with Crippen molar-refractivity contribution in [3.8, 4) is 0 Å². The summed E-state index contributed by atoms with van der Waals surface area (Å²) >= 11 is 0. The molecule has 0 heterocycles. The fourth-order valence-electron chi connectivity index (χ4n) is 4.85. The normalized spacial score (nSPS) is 31.2. The maximum Gasteiger partial charge on any atom is 0.282 e. The Labute approximate surface area is 346 Å². The first-order chi connectivity index (χ1) is 22.3. The second-order valence-corrected chi connectivity index (χ2v) is 10.5. The molecular formula is C25H38Hf3N6O17-6. The van der Waals surface area contributed by atoms with E-state index >= 15 is 0 Å². The Morgan fingerprint density at radius 3 is 0.608 bits per heavy atom. The fourth-order valence-corrected chi connectivity index (χ4v) is 4.85. The van der Waals surface area contributed by atoms with Gasteiger partial charge in [0.1, 0.15) is 0 Å². The molecule has 0 aliphatic heterocycles. The Bertz CT molecular complexity index is 892. The molecule has 12 N–H and O–H groups in total. The Balaban J connectivity index is -0.000000853. The average Bonchev–Trinajstić information content (AvgIpc) is 2.96. The zero-order chi connectivity index (χ0) is 36.9. The molecule has 0 spiro atoms. The zero-order valence-corrected chi connectivity index (χ0v) is 37.2. The number of carboxylic acid groups (broad SMARTS) is 5. The van der Waals surface area contributed by atoms with E-state index in [1.807, 2.05) is 0 Å². The summed E-state index contributed by atoms with van der Waals surface area (Å²) in [6.07, 6.45) is -9.60. The number of nitrogens with zero attached hydrogens (tertiary/aromatic N) is 6. The number of rotatable bonds is 18. The van der Waals surface area contributed by atoms with Gasteiger partial charge in [-0.3, -0.25) is 24.0 Å². The van der Waals surface area contributed by atoms with Crippen molar-refractivity contribution in [3.63, 3.8) is 0 Å². The quantitative estimate of drug-likeness (QED) is 0.0461. The summed E-state index contributed by atoms with van der Waals surface area (Å²) in [5, 5.41) is 135. The van der Waals surface area contributed by atoms with Crippen LogP contribution in [0.15, 0.2) is 12.3 Å². The maximum atomic E-state index is 10.6. The van der Waals surface area contributed by atoms with Gasteiger partial charge in [0.15, 0.2) is 0 Å². The molecule has 2 fully saturated rings. The summed E-state index contributed by atoms with van der Waals surface area (Å²) < 4.78 is 0. The molecule has 4 atom stereocenters. The van der Waals surface area contributed by atoms with Crippen molar-refractivity contribution in [2.75, 3.05) is 39.3 Å². The van der Waals surface area contributed by atoms with Gasteiger partial charge in [0.05, 0.1) is 5.76 Å². The van der Waals surface area contributed by atoms with E-state index in [9.17, 15) is 54.6 Å². The number of aliphatic hydroxyl groups is 7. The number of carbonyl (C=O) groups is 5. The topological polar surface area (TPSA) is 413 Å². The smallest absolute Gasteiger partial charge is 0.282 e. The molecule has 26 heteroatoms. The third-order valence-electron chi connectivity index (χ3n) is 6.87. The molecule has 0 aromatic carbocycles. The van der Waals surface area contributed by atoms with E-state index in [0.717, 1.165) is 0 Å². The van der Waals surface area contributed by atoms with E-state index in [0.29, 0.717) is 0 Å². The van der Waals surface area contributed by atoms with Crippen molar-refractivity contribution >= 4 is 29.8 Å². The van der Waals surface area contributed by atoms with Crippen LogP contribution in [-0.4, -0.2) is 203 Å². The summed E-state index contributed by atoms with van der Waals surface area (Å²) in [5.74, 6) is -6.93. The van der Waals surface area contributed by atoms with Crippen LogP contribution in [0.2, 0.25) is 0 Å². The first kappa shape index (κ1) is 54.4. The summed E-state index contributed by atoms with van der Waals surface area (Å²) in [4.78, 5) is 53.1. The molecule has 2 aliphatic rings. The molecule has 4 unspecified atom stereocenters. The van der Waals surface area contributed by atoms with Crippen LogP contribution in [0.25, 0.3) is 31.9 Å². The predicted molar refractivity (Wildman–Crippen MR) is 158 cm³/mol. The number of hydrogen-bond acceptors (Lipinski definition) is 12. The number of hydrogen-bond donors (Lipinski definition) is 12. The van der Waals surface area contributed by atoms with Gasteiger partial charge in [0.2, 0.25) is 0 Å². The van der Waals surface area contributed by atoms with Gasteiger partial charge < -0.3 is 93.2 Å². The summed E-state index contributed by atoms with van der Waals surface area (Å²) in [6, 6.07) is -8.21. The Hall–Kier alpha value is -0.980. The molecule has 0 radical (unpaired) electrons. The minimum Gasteiger partial charge on any atom is -0.649 e. The molecule has 0 amide bonds. The van der Waals surface area contributed by atoms with Crippen molar-refractivity contribution in [2.45, 2.75) is 72.9 Å². The first-order valence-electron chi connectivity index (χ1n) is 13.8. The molecule has 51 heavy (non-hydrogen) atoms. The standard InChI is InChI=1S/C13H20N3O8.C12H18N3O9.3Hf/c1-5(17)2-14-8-11(22)9(15-3-6(18)19)13(24)10(12(8)23)16-4-7(20)21;16-4(17)1-13-7-10(22)8(14-2-5(18)19)12(24)9(11(7)23)15-3-6(20)21;;;/h8-13,17,22-24H,1-4H2,(H,18,19)(H,20,21);7-12,22-24H,1-3H2,(H,16,17)(H,18,19)(H,20,21);;;/q2*-3;;;. The molecule has 2 saturated carbocycles. The Kier molecular flexibility index (Phi) is 28.5. The van der Waals surface area contributed by atoms with Crippen molar-refractivity contribution in [1.29, 1.82) is 0 Å². The van der Waals surface area contributed by atoms with Gasteiger partial charge in [-0.1, -0.05) is 49.4 Å². The predicted octanol–water partition coefficient (Wildman–Crippen LogP) is -3.89. The van der Waals surface area contributed by atoms with Crippen molar-refractivity contribution in [1.82, 2.24) is 0 Å². The van der Waals surface area contributed by atoms with E-state index in [-0.39, 0.29) is 89.8 Å². The van der Waals surface area contributed by atoms with Crippen molar-refractivity contribution in [2.24, 2.45) is 0 Å². The second-order valence-electron chi connectivity index (χ2n) is 10.5. The number of aliphatic carboxylic acids is 5. The molecule has 0 bridgehead atoms. The van der Waals surface area contributed by atoms with Crippen molar-refractivity contribution < 1.29 is 163 Å². The van der Waals surface area contributed by atoms with Crippen LogP contribution in [-0.2, 0) is 102 Å². The van der Waals surface area contributed by atoms with E-state index in [1.165, 1.54) is 0 Å². The molecule has 2 rings (SSSR count). The van der Waals surface area contributed by atoms with Crippen molar-refractivity contribution in [3.05, 3.63) is 44.2 Å². The Morgan fingerprint density at radius 1 is 0.353 bits per heavy atom. The average molecular weight is 1230 g/mol. The second kappa shape index (κ2) is 26.7. The van der Waals surface area contributed by atoms with Crippen LogP contribution < -0.4 is 0 Å². The largest absolute Gasteiger partial charge is 0.649 e. The van der Waals surface area contributed by atoms with Gasteiger partial charge >= 0.3 is 0 Å². The van der Waals surface area contributed by atoms with E-state index in [4.69, 9.17) is 30.6 Å². The van der Waals surface area contributed by atoms with Gasteiger partial charge in [-0.05, 0) is 32.7 Å². The maximum absolute atomic E-state index is 10.6. The SMILES string of the molecule is C=C(O)C[N-]C1C(O)C([N-]CC(=O)O)C(O)C([N-]CC(=O)O)C1O.O=C(O)C[N-]C1C(O)C([N-]CC(=O)O)C(O)C([N-]CC(=O)O)C1O.[Hf].[Hf].[Hf]. The van der Waals surface area contributed by atoms with Crippen LogP contribution in [0.5, 0.6) is 0 Å². The minimum absolute atomic E-state index is 0. The molecular weight excluding hydrogens is 1190 g/mol. The molecule has 0 aromatic rings. The first-order valence-corrected chi connectivity index (χ1v) is 13.8.